The van der Waals surface area contributed by atoms with Crippen LogP contribution in [-0.2, 0) is 0 Å². The summed E-state index contributed by atoms with van der Waals surface area (Å²) < 4.78 is 0. The minimum atomic E-state index is -0.214. The third-order valence-electron chi connectivity index (χ3n) is 4.60. The van der Waals surface area contributed by atoms with E-state index in [0.717, 1.165) is 36.3 Å². The molecule has 0 atom stereocenters. The number of benzene rings is 1. The van der Waals surface area contributed by atoms with Crippen molar-refractivity contribution < 1.29 is 4.79 Å². The smallest absolute Gasteiger partial charge is 0.274 e. The fourth-order valence-corrected chi connectivity index (χ4v) is 3.06. The monoisotopic (exact) mass is 383 g/mol. The first-order chi connectivity index (χ1) is 13.3. The van der Waals surface area contributed by atoms with E-state index in [9.17, 15) is 4.79 Å². The molecular weight excluding hydrogens is 350 g/mol. The van der Waals surface area contributed by atoms with Crippen LogP contribution in [0.2, 0.25) is 0 Å². The van der Waals surface area contributed by atoms with E-state index in [1.165, 1.54) is 6.33 Å². The summed E-state index contributed by atoms with van der Waals surface area (Å²) in [6, 6.07) is 7.91. The highest BCUT2D eigenvalue weighted by Gasteiger charge is 2.17. The maximum atomic E-state index is 12.9. The Bertz CT molecular complexity index is 760. The van der Waals surface area contributed by atoms with Crippen molar-refractivity contribution in [2.24, 2.45) is 0 Å². The molecule has 0 saturated carbocycles. The van der Waals surface area contributed by atoms with Crippen LogP contribution in [0, 0.1) is 0 Å². The van der Waals surface area contributed by atoms with Crippen LogP contribution in [0.5, 0.6) is 0 Å². The number of para-hydroxylation sites is 1. The number of anilines is 2. The zero-order valence-electron chi connectivity index (χ0n) is 17.9. The van der Waals surface area contributed by atoms with Crippen molar-refractivity contribution in [2.45, 2.75) is 46.0 Å². The van der Waals surface area contributed by atoms with Crippen LogP contribution in [-0.4, -0.2) is 48.0 Å². The molecule has 1 aromatic heterocycles. The standard InChI is InChI=1S/C22H33N5O/c1-15(2)17-9-7-10-18(16(3)4)21(17)26-22(28)19-13-20(25-14-24-19)23-11-8-12-27(5)6/h7,9-10,13-16H,8,11-12H2,1-6H3,(H,26,28)(H,23,24,25). The largest absolute Gasteiger partial charge is 0.370 e. The molecule has 0 fully saturated rings. The average Bonchev–Trinajstić information content (AvgIpc) is 2.65. The third kappa shape index (κ3) is 6.02. The molecule has 0 aliphatic carbocycles. The topological polar surface area (TPSA) is 70.2 Å². The lowest BCUT2D eigenvalue weighted by atomic mass is 9.92. The maximum Gasteiger partial charge on any atom is 0.274 e. The number of aromatic nitrogens is 2. The van der Waals surface area contributed by atoms with Crippen molar-refractivity contribution in [2.75, 3.05) is 37.8 Å². The zero-order valence-corrected chi connectivity index (χ0v) is 17.9. The SMILES string of the molecule is CC(C)c1cccc(C(C)C)c1NC(=O)c1cc(NCCCN(C)C)ncn1. The van der Waals surface area contributed by atoms with Gasteiger partial charge in [-0.15, -0.1) is 0 Å². The van der Waals surface area contributed by atoms with Crippen LogP contribution in [0.3, 0.4) is 0 Å². The minimum Gasteiger partial charge on any atom is -0.370 e. The molecule has 0 bridgehead atoms. The number of hydrogen-bond acceptors (Lipinski definition) is 5. The van der Waals surface area contributed by atoms with Gasteiger partial charge in [0.15, 0.2) is 0 Å². The predicted octanol–water partition coefficient (Wildman–Crippen LogP) is 4.34. The summed E-state index contributed by atoms with van der Waals surface area (Å²) >= 11 is 0. The lowest BCUT2D eigenvalue weighted by Gasteiger charge is -2.20. The Hall–Kier alpha value is -2.47. The fraction of sp³-hybridized carbons (Fsp3) is 0.500. The average molecular weight is 384 g/mol. The summed E-state index contributed by atoms with van der Waals surface area (Å²) in [6.45, 7) is 10.3. The van der Waals surface area contributed by atoms with Crippen LogP contribution < -0.4 is 10.6 Å². The van der Waals surface area contributed by atoms with Gasteiger partial charge >= 0.3 is 0 Å². The Labute approximate surface area is 168 Å². The molecule has 1 aromatic carbocycles. The van der Waals surface area contributed by atoms with Crippen molar-refractivity contribution >= 4 is 17.4 Å². The first-order valence-electron chi connectivity index (χ1n) is 9.94. The minimum absolute atomic E-state index is 0.214. The second-order valence-electron chi connectivity index (χ2n) is 7.95. The van der Waals surface area contributed by atoms with Gasteiger partial charge in [0.1, 0.15) is 17.8 Å². The molecule has 0 spiro atoms. The number of nitrogens with one attached hydrogen (secondary N) is 2. The molecule has 0 radical (unpaired) electrons. The molecule has 1 heterocycles. The number of carbonyl (C=O) groups is 1. The summed E-state index contributed by atoms with van der Waals surface area (Å²) in [6.07, 6.45) is 2.43. The molecule has 28 heavy (non-hydrogen) atoms. The Kier molecular flexibility index (Phi) is 7.93. The molecule has 6 nitrogen and oxygen atoms in total. The molecule has 0 aliphatic heterocycles. The molecule has 0 aliphatic rings. The van der Waals surface area contributed by atoms with Gasteiger partial charge < -0.3 is 15.5 Å². The van der Waals surface area contributed by atoms with E-state index in [-0.39, 0.29) is 5.91 Å². The van der Waals surface area contributed by atoms with Gasteiger partial charge in [0.2, 0.25) is 0 Å². The van der Waals surface area contributed by atoms with E-state index in [2.05, 4.69) is 71.4 Å². The third-order valence-corrected chi connectivity index (χ3v) is 4.60. The number of amides is 1. The number of nitrogens with zero attached hydrogens (tertiary/aromatic N) is 3. The summed E-state index contributed by atoms with van der Waals surface area (Å²) in [5, 5.41) is 6.36. The van der Waals surface area contributed by atoms with E-state index in [4.69, 9.17) is 0 Å². The van der Waals surface area contributed by atoms with Gasteiger partial charge in [-0.1, -0.05) is 45.9 Å². The van der Waals surface area contributed by atoms with Crippen LogP contribution in [0.4, 0.5) is 11.5 Å². The van der Waals surface area contributed by atoms with Crippen molar-refractivity contribution in [3.8, 4) is 0 Å². The lowest BCUT2D eigenvalue weighted by Crippen LogP contribution is -2.19. The van der Waals surface area contributed by atoms with Crippen LogP contribution in [0.15, 0.2) is 30.6 Å². The summed E-state index contributed by atoms with van der Waals surface area (Å²) in [4.78, 5) is 23.4. The molecule has 0 unspecified atom stereocenters. The van der Waals surface area contributed by atoms with E-state index in [1.54, 1.807) is 6.07 Å². The van der Waals surface area contributed by atoms with E-state index < -0.39 is 0 Å². The Morgan fingerprint density at radius 3 is 2.29 bits per heavy atom. The Morgan fingerprint density at radius 2 is 1.71 bits per heavy atom. The summed E-state index contributed by atoms with van der Waals surface area (Å²) in [7, 11) is 4.10. The van der Waals surface area contributed by atoms with Gasteiger partial charge in [-0.25, -0.2) is 9.97 Å². The highest BCUT2D eigenvalue weighted by Crippen LogP contribution is 2.32. The van der Waals surface area contributed by atoms with Crippen LogP contribution in [0.25, 0.3) is 0 Å². The molecule has 6 heteroatoms. The fourth-order valence-electron chi connectivity index (χ4n) is 3.06. The molecule has 0 saturated heterocycles. The Balaban J connectivity index is 2.16. The first-order valence-corrected chi connectivity index (χ1v) is 9.94. The van der Waals surface area contributed by atoms with Gasteiger partial charge in [-0.2, -0.15) is 0 Å². The van der Waals surface area contributed by atoms with E-state index in [0.29, 0.717) is 23.3 Å². The quantitative estimate of drug-likeness (QED) is 0.630. The highest BCUT2D eigenvalue weighted by molar-refractivity contribution is 6.04. The molecule has 1 amide bonds. The molecule has 2 N–H and O–H groups in total. The number of hydrogen-bond donors (Lipinski definition) is 2. The van der Waals surface area contributed by atoms with Crippen LogP contribution in [0.1, 0.15) is 67.6 Å². The van der Waals surface area contributed by atoms with Crippen molar-refractivity contribution in [1.82, 2.24) is 14.9 Å². The van der Waals surface area contributed by atoms with Gasteiger partial charge in [0, 0.05) is 18.3 Å². The molecule has 152 valence electrons. The van der Waals surface area contributed by atoms with Gasteiger partial charge in [-0.05, 0) is 50.0 Å². The van der Waals surface area contributed by atoms with E-state index >= 15 is 0 Å². The highest BCUT2D eigenvalue weighted by atomic mass is 16.1. The predicted molar refractivity (Wildman–Crippen MR) is 116 cm³/mol. The normalized spacial score (nSPS) is 11.3. The second kappa shape index (κ2) is 10.2. The summed E-state index contributed by atoms with van der Waals surface area (Å²) in [5.74, 6) is 1.08. The zero-order chi connectivity index (χ0) is 20.7. The van der Waals surface area contributed by atoms with E-state index in [1.807, 2.05) is 14.1 Å². The molecular formula is C22H33N5O. The van der Waals surface area contributed by atoms with Gasteiger partial charge in [0.25, 0.3) is 5.91 Å². The van der Waals surface area contributed by atoms with Crippen LogP contribution >= 0.6 is 0 Å². The molecule has 2 aromatic rings. The number of carbonyl (C=O) groups excluding carboxylic acids is 1. The van der Waals surface area contributed by atoms with Crippen molar-refractivity contribution in [3.63, 3.8) is 0 Å². The van der Waals surface area contributed by atoms with Crippen molar-refractivity contribution in [3.05, 3.63) is 47.4 Å². The lowest BCUT2D eigenvalue weighted by molar-refractivity contribution is 0.102. The first kappa shape index (κ1) is 21.8. The Morgan fingerprint density at radius 1 is 1.07 bits per heavy atom. The van der Waals surface area contributed by atoms with Gasteiger partial charge in [-0.3, -0.25) is 4.79 Å². The number of rotatable bonds is 9. The van der Waals surface area contributed by atoms with Crippen molar-refractivity contribution in [1.29, 1.82) is 0 Å². The maximum absolute atomic E-state index is 12.9. The summed E-state index contributed by atoms with van der Waals surface area (Å²) in [5.41, 5.74) is 3.53. The second-order valence-corrected chi connectivity index (χ2v) is 7.95. The van der Waals surface area contributed by atoms with Gasteiger partial charge in [0.05, 0.1) is 0 Å². The molecule has 2 rings (SSSR count).